The number of nitrogens with zero attached hydrogens (tertiary/aromatic N) is 1. The fraction of sp³-hybridized carbons (Fsp3) is 0.308. The van der Waals surface area contributed by atoms with Gasteiger partial charge in [-0.25, -0.2) is 0 Å². The second-order valence-corrected chi connectivity index (χ2v) is 2.88. The molecule has 0 aliphatic carbocycles. The van der Waals surface area contributed by atoms with Crippen LogP contribution in [-0.4, -0.2) is 14.1 Å². The van der Waals surface area contributed by atoms with Crippen LogP contribution in [0.2, 0.25) is 0 Å². The Morgan fingerprint density at radius 1 is 0.944 bits per heavy atom. The maximum Gasteiger partial charge on any atom is 0 e. The smallest absolute Gasteiger partial charge is 0 e. The zero-order chi connectivity index (χ0) is 14.3. The fourth-order valence-corrected chi connectivity index (χ4v) is 1.25. The van der Waals surface area contributed by atoms with Gasteiger partial charge in [0.25, 0.3) is 0 Å². The van der Waals surface area contributed by atoms with Gasteiger partial charge in [-0.05, 0) is 18.1 Å². The number of aryl methyl sites for hydroxylation is 1. The molecule has 0 spiro atoms. The minimum Gasteiger partial charge on any atom is 0 e. The van der Waals surface area contributed by atoms with E-state index in [0.717, 1.165) is 6.42 Å². The van der Waals surface area contributed by atoms with Crippen molar-refractivity contribution < 1.29 is 31.3 Å². The molecular weight excluding hydrogens is 270 g/mol. The predicted octanol–water partition coefficient (Wildman–Crippen LogP) is 2.20. The van der Waals surface area contributed by atoms with Crippen LogP contribution < -0.4 is 4.90 Å². The summed E-state index contributed by atoms with van der Waals surface area (Å²) >= 11 is 0. The molecule has 5 heteroatoms. The third-order valence-electron chi connectivity index (χ3n) is 1.85. The number of anilines is 1. The van der Waals surface area contributed by atoms with E-state index in [9.17, 15) is 0 Å². The van der Waals surface area contributed by atoms with Crippen LogP contribution >= 0.6 is 0 Å². The molecule has 4 nitrogen and oxygen atoms in total. The molecule has 0 aliphatic rings. The van der Waals surface area contributed by atoms with Crippen LogP contribution in [0.4, 0.5) is 5.69 Å². The Balaban J connectivity index is -0.000000123. The molecule has 0 fully saturated rings. The van der Waals surface area contributed by atoms with Crippen molar-refractivity contribution in [1.82, 2.24) is 0 Å². The van der Waals surface area contributed by atoms with Gasteiger partial charge < -0.3 is 4.90 Å². The zero-order valence-corrected chi connectivity index (χ0v) is 11.9. The number of hydrogen-bond donors (Lipinski definition) is 0. The number of hydrogen-bond acceptors (Lipinski definition) is 1. The molecule has 96 valence electrons. The van der Waals surface area contributed by atoms with E-state index in [-0.39, 0.29) is 17.4 Å². The maximum absolute atomic E-state index is 7.50. The quantitative estimate of drug-likeness (QED) is 0.607. The summed E-state index contributed by atoms with van der Waals surface area (Å²) in [5, 5.41) is 0. The SMILES string of the molecule is CCc1ccccc1N(C)C.[C-]#[O+].[C-]#[O+].[C-]#[O+].[Cr]. The van der Waals surface area contributed by atoms with E-state index in [0.29, 0.717) is 0 Å². The van der Waals surface area contributed by atoms with Gasteiger partial charge in [-0.15, -0.1) is 0 Å². The van der Waals surface area contributed by atoms with Crippen LogP contribution in [0.15, 0.2) is 24.3 Å². The standard InChI is InChI=1S/C10H15N.3CO.Cr/c1-4-9-7-5-6-8-10(9)11(2)3;3*1-2;/h5-8H,4H2,1-3H3;;;;. The molecule has 0 aromatic heterocycles. The van der Waals surface area contributed by atoms with Gasteiger partial charge in [-0.1, -0.05) is 25.1 Å². The van der Waals surface area contributed by atoms with Gasteiger partial charge in [0.1, 0.15) is 0 Å². The molecule has 0 saturated carbocycles. The summed E-state index contributed by atoms with van der Waals surface area (Å²) in [4.78, 5) is 2.15. The molecule has 0 atom stereocenters. The molecule has 0 heterocycles. The average Bonchev–Trinajstić information content (AvgIpc) is 2.45. The van der Waals surface area contributed by atoms with Crippen LogP contribution in [0.3, 0.4) is 0 Å². The third-order valence-corrected chi connectivity index (χ3v) is 1.85. The second kappa shape index (κ2) is 21.1. The van der Waals surface area contributed by atoms with Gasteiger partial charge in [0.05, 0.1) is 0 Å². The Hall–Kier alpha value is -1.23. The monoisotopic (exact) mass is 285 g/mol. The summed E-state index contributed by atoms with van der Waals surface area (Å²) < 4.78 is 22.5. The van der Waals surface area contributed by atoms with Gasteiger partial charge in [0, 0.05) is 37.1 Å². The fourth-order valence-electron chi connectivity index (χ4n) is 1.25. The van der Waals surface area contributed by atoms with Crippen LogP contribution in [-0.2, 0) is 37.7 Å². The van der Waals surface area contributed by atoms with E-state index in [2.05, 4.69) is 70.1 Å². The van der Waals surface area contributed by atoms with Crippen LogP contribution in [0.5, 0.6) is 0 Å². The van der Waals surface area contributed by atoms with E-state index in [4.69, 9.17) is 14.0 Å². The summed E-state index contributed by atoms with van der Waals surface area (Å²) in [5.74, 6) is 0. The summed E-state index contributed by atoms with van der Waals surface area (Å²) in [7, 11) is 4.16. The van der Waals surface area contributed by atoms with Gasteiger partial charge >= 0.3 is 33.9 Å². The van der Waals surface area contributed by atoms with Gasteiger partial charge in [0.2, 0.25) is 0 Å². The van der Waals surface area contributed by atoms with Crippen LogP contribution in [0.25, 0.3) is 0 Å². The molecule has 0 saturated heterocycles. The summed E-state index contributed by atoms with van der Waals surface area (Å²) in [6.07, 6.45) is 1.11. The second-order valence-electron chi connectivity index (χ2n) is 2.88. The molecule has 18 heavy (non-hydrogen) atoms. The zero-order valence-electron chi connectivity index (χ0n) is 10.6. The Labute approximate surface area is 119 Å². The Morgan fingerprint density at radius 2 is 1.33 bits per heavy atom. The molecule has 0 unspecified atom stereocenters. The topological polar surface area (TPSA) is 62.9 Å². The first-order valence-electron chi connectivity index (χ1n) is 4.62. The normalized spacial score (nSPS) is 6.28. The van der Waals surface area contributed by atoms with E-state index in [1.54, 1.807) is 0 Å². The average molecular weight is 285 g/mol. The molecule has 0 bridgehead atoms. The van der Waals surface area contributed by atoms with Crippen LogP contribution in [0, 0.1) is 20.0 Å². The summed E-state index contributed by atoms with van der Waals surface area (Å²) in [5.41, 5.74) is 2.74. The van der Waals surface area contributed by atoms with Crippen molar-refractivity contribution in [2.45, 2.75) is 13.3 Å². The van der Waals surface area contributed by atoms with Gasteiger partial charge in [0.15, 0.2) is 0 Å². The van der Waals surface area contributed by atoms with Gasteiger partial charge in [-0.2, -0.15) is 0 Å². The van der Waals surface area contributed by atoms with Gasteiger partial charge in [-0.3, -0.25) is 0 Å². The summed E-state index contributed by atoms with van der Waals surface area (Å²) in [6, 6.07) is 8.49. The predicted molar refractivity (Wildman–Crippen MR) is 61.9 cm³/mol. The first-order valence-corrected chi connectivity index (χ1v) is 4.62. The largest absolute Gasteiger partial charge is 0 e. The number of benzene rings is 1. The van der Waals surface area contributed by atoms with Crippen molar-refractivity contribution in [3.05, 3.63) is 49.8 Å². The Bertz CT molecular complexity index is 331. The summed E-state index contributed by atoms with van der Waals surface area (Å²) in [6.45, 7) is 15.7. The molecule has 1 aromatic carbocycles. The van der Waals surface area contributed by atoms with Crippen molar-refractivity contribution in [1.29, 1.82) is 0 Å². The van der Waals surface area contributed by atoms with E-state index in [1.165, 1.54) is 11.3 Å². The van der Waals surface area contributed by atoms with E-state index < -0.39 is 0 Å². The maximum atomic E-state index is 7.50. The van der Waals surface area contributed by atoms with Crippen molar-refractivity contribution in [3.63, 3.8) is 0 Å². The number of rotatable bonds is 2. The first kappa shape index (κ1) is 25.6. The van der Waals surface area contributed by atoms with Crippen molar-refractivity contribution in [3.8, 4) is 0 Å². The van der Waals surface area contributed by atoms with Crippen molar-refractivity contribution >= 4 is 5.69 Å². The minimum atomic E-state index is 0. The molecule has 1 aromatic rings. The van der Waals surface area contributed by atoms with E-state index >= 15 is 0 Å². The van der Waals surface area contributed by atoms with Crippen molar-refractivity contribution in [2.75, 3.05) is 19.0 Å². The molecule has 0 radical (unpaired) electrons. The molecule has 0 amide bonds. The Kier molecular flexibility index (Phi) is 30.0. The minimum absolute atomic E-state index is 0. The van der Waals surface area contributed by atoms with E-state index in [1.807, 2.05) is 0 Å². The molecular formula is C13H15CrNO3. The Morgan fingerprint density at radius 3 is 1.61 bits per heavy atom. The number of para-hydroxylation sites is 1. The third kappa shape index (κ3) is 11.3. The molecule has 0 N–H and O–H groups in total. The molecule has 0 aliphatic heterocycles. The van der Waals surface area contributed by atoms with Crippen LogP contribution in [0.1, 0.15) is 12.5 Å². The first-order chi connectivity index (χ1) is 8.25. The van der Waals surface area contributed by atoms with Crippen molar-refractivity contribution in [2.24, 2.45) is 0 Å². The molecule has 1 rings (SSSR count).